The van der Waals surface area contributed by atoms with Gasteiger partial charge >= 0.3 is 5.97 Å². The molecule has 0 aliphatic carbocycles. The van der Waals surface area contributed by atoms with Crippen LogP contribution in [-0.4, -0.2) is 29.7 Å². The minimum atomic E-state index is -4.05. The van der Waals surface area contributed by atoms with Crippen molar-refractivity contribution in [2.24, 2.45) is 0 Å². The second-order valence-corrected chi connectivity index (χ2v) is 6.46. The number of hydrogen-bond donors (Lipinski definition) is 3. The van der Waals surface area contributed by atoms with Crippen LogP contribution in [0.4, 0.5) is 5.69 Å². The van der Waals surface area contributed by atoms with Gasteiger partial charge in [0.25, 0.3) is 10.0 Å². The second kappa shape index (κ2) is 5.25. The molecular formula is C11H10BrN3O4S. The molecule has 9 heteroatoms. The van der Waals surface area contributed by atoms with Gasteiger partial charge in [-0.2, -0.15) is 13.5 Å². The molecule has 0 amide bonds. The molecule has 0 saturated heterocycles. The number of hydrogen-bond acceptors (Lipinski definition) is 4. The fourth-order valence-electron chi connectivity index (χ4n) is 1.49. The standard InChI is InChI=1S/C11H10BrN3O4S/c1-6-2-3-7(4-9(6)12)15-20(18,19)10-8(11(16)17)5-13-14-10/h2-5,15H,1H3,(H,13,14)(H,16,17). The monoisotopic (exact) mass is 359 g/mol. The summed E-state index contributed by atoms with van der Waals surface area (Å²) < 4.78 is 27.3. The van der Waals surface area contributed by atoms with Crippen molar-refractivity contribution in [3.8, 4) is 0 Å². The summed E-state index contributed by atoms with van der Waals surface area (Å²) in [6, 6.07) is 4.89. The van der Waals surface area contributed by atoms with E-state index in [1.165, 1.54) is 0 Å². The van der Waals surface area contributed by atoms with Crippen molar-refractivity contribution in [1.82, 2.24) is 10.2 Å². The van der Waals surface area contributed by atoms with E-state index in [1.807, 2.05) is 6.92 Å². The van der Waals surface area contributed by atoms with Crippen LogP contribution in [0.25, 0.3) is 0 Å². The average molecular weight is 360 g/mol. The molecule has 3 N–H and O–H groups in total. The van der Waals surface area contributed by atoms with Crippen molar-refractivity contribution in [2.45, 2.75) is 11.9 Å². The van der Waals surface area contributed by atoms with E-state index in [4.69, 9.17) is 5.11 Å². The molecule has 0 aliphatic heterocycles. The van der Waals surface area contributed by atoms with Crippen LogP contribution < -0.4 is 4.72 Å². The number of aromatic carboxylic acids is 1. The van der Waals surface area contributed by atoms with Gasteiger partial charge in [-0.15, -0.1) is 0 Å². The van der Waals surface area contributed by atoms with E-state index >= 15 is 0 Å². The fourth-order valence-corrected chi connectivity index (χ4v) is 3.01. The third kappa shape index (κ3) is 2.83. The molecule has 0 bridgehead atoms. The zero-order valence-corrected chi connectivity index (χ0v) is 12.6. The summed E-state index contributed by atoms with van der Waals surface area (Å²) in [5.74, 6) is -1.37. The fraction of sp³-hybridized carbons (Fsp3) is 0.0909. The Kier molecular flexibility index (Phi) is 3.82. The lowest BCUT2D eigenvalue weighted by molar-refractivity contribution is 0.0692. The number of anilines is 1. The van der Waals surface area contributed by atoms with Crippen LogP contribution in [0, 0.1) is 6.92 Å². The summed E-state index contributed by atoms with van der Waals surface area (Å²) in [7, 11) is -4.05. The van der Waals surface area contributed by atoms with Gasteiger partial charge in [-0.25, -0.2) is 4.79 Å². The number of H-pyrrole nitrogens is 1. The maximum Gasteiger partial charge on any atom is 0.340 e. The van der Waals surface area contributed by atoms with Crippen LogP contribution in [0.5, 0.6) is 0 Å². The Bertz CT molecular complexity index is 770. The van der Waals surface area contributed by atoms with E-state index in [1.54, 1.807) is 18.2 Å². The molecule has 7 nitrogen and oxygen atoms in total. The van der Waals surface area contributed by atoms with Crippen molar-refractivity contribution in [3.63, 3.8) is 0 Å². The lowest BCUT2D eigenvalue weighted by Crippen LogP contribution is -2.16. The number of carboxylic acids is 1. The van der Waals surface area contributed by atoms with Crippen molar-refractivity contribution in [1.29, 1.82) is 0 Å². The van der Waals surface area contributed by atoms with E-state index in [2.05, 4.69) is 30.8 Å². The summed E-state index contributed by atoms with van der Waals surface area (Å²) in [5, 5.41) is 14.0. The van der Waals surface area contributed by atoms with Crippen LogP contribution in [0.2, 0.25) is 0 Å². The Morgan fingerprint density at radius 3 is 2.75 bits per heavy atom. The first-order chi connectivity index (χ1) is 9.31. The molecule has 2 rings (SSSR count). The molecule has 0 aliphatic rings. The smallest absolute Gasteiger partial charge is 0.340 e. The summed E-state index contributed by atoms with van der Waals surface area (Å²) in [5.41, 5.74) is 0.845. The van der Waals surface area contributed by atoms with Gasteiger partial charge in [-0.05, 0) is 24.6 Å². The number of aryl methyl sites for hydroxylation is 1. The summed E-state index contributed by atoms with van der Waals surface area (Å²) in [6.45, 7) is 1.86. The molecule has 106 valence electrons. The Hall–Kier alpha value is -1.87. The maximum atomic E-state index is 12.1. The molecule has 0 atom stereocenters. The first-order valence-electron chi connectivity index (χ1n) is 5.37. The molecule has 0 spiro atoms. The summed E-state index contributed by atoms with van der Waals surface area (Å²) >= 11 is 3.29. The first kappa shape index (κ1) is 14.5. The Labute approximate surface area is 123 Å². The molecule has 0 saturated carbocycles. The predicted molar refractivity (Wildman–Crippen MR) is 75.2 cm³/mol. The predicted octanol–water partition coefficient (Wildman–Crippen LogP) is 1.98. The molecular weight excluding hydrogens is 350 g/mol. The normalized spacial score (nSPS) is 11.3. The molecule has 1 heterocycles. The molecule has 20 heavy (non-hydrogen) atoms. The first-order valence-corrected chi connectivity index (χ1v) is 7.64. The maximum absolute atomic E-state index is 12.1. The van der Waals surface area contributed by atoms with Crippen LogP contribution in [0.15, 0.2) is 33.9 Å². The van der Waals surface area contributed by atoms with E-state index in [0.717, 1.165) is 16.2 Å². The molecule has 0 fully saturated rings. The number of benzene rings is 1. The third-order valence-electron chi connectivity index (χ3n) is 2.53. The van der Waals surface area contributed by atoms with Gasteiger partial charge in [0, 0.05) is 4.47 Å². The van der Waals surface area contributed by atoms with Gasteiger partial charge in [0.2, 0.25) is 0 Å². The molecule has 2 aromatic rings. The number of rotatable bonds is 4. The number of nitrogens with one attached hydrogen (secondary N) is 2. The van der Waals surface area contributed by atoms with Gasteiger partial charge < -0.3 is 5.11 Å². The van der Waals surface area contributed by atoms with Crippen molar-refractivity contribution in [2.75, 3.05) is 4.72 Å². The van der Waals surface area contributed by atoms with Crippen LogP contribution >= 0.6 is 15.9 Å². The van der Waals surface area contributed by atoms with Gasteiger partial charge in [-0.3, -0.25) is 9.82 Å². The van der Waals surface area contributed by atoms with Crippen LogP contribution in [-0.2, 0) is 10.0 Å². The van der Waals surface area contributed by atoms with Gasteiger partial charge in [0.1, 0.15) is 5.56 Å². The SMILES string of the molecule is Cc1ccc(NS(=O)(=O)c2[nH]ncc2C(=O)O)cc1Br. The number of carboxylic acid groups (broad SMARTS) is 1. The number of nitrogens with zero attached hydrogens (tertiary/aromatic N) is 1. The minimum absolute atomic E-state index is 0.313. The van der Waals surface area contributed by atoms with Crippen LogP contribution in [0.3, 0.4) is 0 Å². The zero-order chi connectivity index (χ0) is 14.9. The third-order valence-corrected chi connectivity index (χ3v) is 4.73. The van der Waals surface area contributed by atoms with E-state index < -0.39 is 26.6 Å². The molecule has 1 aromatic carbocycles. The van der Waals surface area contributed by atoms with Crippen LogP contribution in [0.1, 0.15) is 15.9 Å². The minimum Gasteiger partial charge on any atom is -0.478 e. The highest BCUT2D eigenvalue weighted by Gasteiger charge is 2.24. The van der Waals surface area contributed by atoms with Gasteiger partial charge in [0.15, 0.2) is 5.03 Å². The zero-order valence-electron chi connectivity index (χ0n) is 10.2. The Morgan fingerprint density at radius 1 is 1.45 bits per heavy atom. The lowest BCUT2D eigenvalue weighted by atomic mass is 10.2. The quantitative estimate of drug-likeness (QED) is 0.772. The number of aromatic nitrogens is 2. The van der Waals surface area contributed by atoms with Crippen molar-refractivity contribution >= 4 is 37.6 Å². The van der Waals surface area contributed by atoms with E-state index in [0.29, 0.717) is 5.69 Å². The second-order valence-electron chi connectivity index (χ2n) is 3.99. The highest BCUT2D eigenvalue weighted by Crippen LogP contribution is 2.23. The average Bonchev–Trinajstić information content (AvgIpc) is 2.83. The van der Waals surface area contributed by atoms with Crippen molar-refractivity contribution in [3.05, 3.63) is 40.0 Å². The summed E-state index contributed by atoms with van der Waals surface area (Å²) in [4.78, 5) is 10.9. The molecule has 1 aromatic heterocycles. The highest BCUT2D eigenvalue weighted by atomic mass is 79.9. The van der Waals surface area contributed by atoms with Gasteiger partial charge in [-0.1, -0.05) is 22.0 Å². The lowest BCUT2D eigenvalue weighted by Gasteiger charge is -2.08. The largest absolute Gasteiger partial charge is 0.478 e. The summed E-state index contributed by atoms with van der Waals surface area (Å²) in [6.07, 6.45) is 0.946. The van der Waals surface area contributed by atoms with Gasteiger partial charge in [0.05, 0.1) is 11.9 Å². The molecule has 0 unspecified atom stereocenters. The number of aromatic amines is 1. The Balaban J connectivity index is 2.38. The van der Waals surface area contributed by atoms with E-state index in [-0.39, 0.29) is 0 Å². The number of sulfonamides is 1. The van der Waals surface area contributed by atoms with E-state index in [9.17, 15) is 13.2 Å². The number of halogens is 1. The van der Waals surface area contributed by atoms with Crippen molar-refractivity contribution < 1.29 is 18.3 Å². The highest BCUT2D eigenvalue weighted by molar-refractivity contribution is 9.10. The Morgan fingerprint density at radius 2 is 2.15 bits per heavy atom. The topological polar surface area (TPSA) is 112 Å². The molecule has 0 radical (unpaired) electrons. The number of carbonyl (C=O) groups is 1.